The molecule has 0 aliphatic carbocycles. The summed E-state index contributed by atoms with van der Waals surface area (Å²) in [5.41, 5.74) is 0. The molecule has 12 heavy (non-hydrogen) atoms. The molecule has 0 saturated carbocycles. The second-order valence-corrected chi connectivity index (χ2v) is 3.80. The van der Waals surface area contributed by atoms with Gasteiger partial charge in [0.1, 0.15) is 5.78 Å². The largest absolute Gasteiger partial charge is 0.307 e. The van der Waals surface area contributed by atoms with Gasteiger partial charge in [0.2, 0.25) is 0 Å². The van der Waals surface area contributed by atoms with Crippen LogP contribution in [0.15, 0.2) is 0 Å². The van der Waals surface area contributed by atoms with Crippen LogP contribution in [0.4, 0.5) is 0 Å². The maximum atomic E-state index is 11.1. The third kappa shape index (κ3) is 2.59. The predicted molar refractivity (Wildman–Crippen MR) is 50.1 cm³/mol. The lowest BCUT2D eigenvalue weighted by atomic mass is 9.95. The van der Waals surface area contributed by atoms with Crippen LogP contribution in [0.5, 0.6) is 0 Å². The van der Waals surface area contributed by atoms with E-state index in [0.29, 0.717) is 24.3 Å². The molecule has 2 unspecified atom stereocenters. The van der Waals surface area contributed by atoms with Crippen LogP contribution in [0.3, 0.4) is 0 Å². The fraction of sp³-hybridized carbons (Fsp3) is 0.900. The highest BCUT2D eigenvalue weighted by Crippen LogP contribution is 2.16. The number of rotatable bonds is 2. The summed E-state index contributed by atoms with van der Waals surface area (Å²) in [6, 6.07) is 0.571. The molecule has 1 heterocycles. The van der Waals surface area contributed by atoms with Crippen molar-refractivity contribution in [3.8, 4) is 0 Å². The zero-order chi connectivity index (χ0) is 8.97. The maximum absolute atomic E-state index is 11.1. The molecule has 70 valence electrons. The Morgan fingerprint density at radius 2 is 2.42 bits per heavy atom. The molecule has 1 N–H and O–H groups in total. The van der Waals surface area contributed by atoms with Gasteiger partial charge in [-0.05, 0) is 18.8 Å². The first kappa shape index (κ1) is 9.72. The molecule has 1 fully saturated rings. The molecule has 0 aromatic rings. The number of Topliss-reactive ketones (excluding diaryl/α,β-unsaturated/α-hetero) is 1. The molecular weight excluding hydrogens is 150 g/mol. The second kappa shape index (κ2) is 4.61. The van der Waals surface area contributed by atoms with Crippen LogP contribution in [0.2, 0.25) is 0 Å². The Labute approximate surface area is 74.7 Å². The van der Waals surface area contributed by atoms with E-state index < -0.39 is 0 Å². The average Bonchev–Trinajstić information content (AvgIpc) is 2.29. The highest BCUT2D eigenvalue weighted by Gasteiger charge is 2.19. The van der Waals surface area contributed by atoms with Crippen molar-refractivity contribution in [2.45, 2.75) is 45.6 Å². The third-order valence-corrected chi connectivity index (χ3v) is 2.86. The van der Waals surface area contributed by atoms with E-state index in [-0.39, 0.29) is 0 Å². The minimum atomic E-state index is 0.376. The summed E-state index contributed by atoms with van der Waals surface area (Å²) in [6.45, 7) is 5.06. The molecule has 0 radical (unpaired) electrons. The lowest BCUT2D eigenvalue weighted by Crippen LogP contribution is -2.35. The molecule has 0 spiro atoms. The average molecular weight is 169 g/mol. The molecule has 1 aliphatic heterocycles. The highest BCUT2D eigenvalue weighted by atomic mass is 16.1. The van der Waals surface area contributed by atoms with Crippen molar-refractivity contribution in [1.82, 2.24) is 5.32 Å². The van der Waals surface area contributed by atoms with Crippen molar-refractivity contribution in [1.29, 1.82) is 0 Å². The quantitative estimate of drug-likeness (QED) is 0.682. The molecule has 1 saturated heterocycles. The zero-order valence-electron chi connectivity index (χ0n) is 8.10. The van der Waals surface area contributed by atoms with Gasteiger partial charge < -0.3 is 5.32 Å². The standard InChI is InChI=1S/C10H19NO/c1-3-8(2)10-6-4-5-9(12)7-11-10/h8,10-11H,3-7H2,1-2H3. The first-order valence-electron chi connectivity index (χ1n) is 4.99. The van der Waals surface area contributed by atoms with Gasteiger partial charge in [-0.2, -0.15) is 0 Å². The summed E-state index contributed by atoms with van der Waals surface area (Å²) in [4.78, 5) is 11.1. The van der Waals surface area contributed by atoms with Gasteiger partial charge >= 0.3 is 0 Å². The molecular formula is C10H19NO. The van der Waals surface area contributed by atoms with Gasteiger partial charge in [0.25, 0.3) is 0 Å². The lowest BCUT2D eigenvalue weighted by molar-refractivity contribution is -0.118. The van der Waals surface area contributed by atoms with Crippen LogP contribution in [-0.4, -0.2) is 18.4 Å². The second-order valence-electron chi connectivity index (χ2n) is 3.80. The highest BCUT2D eigenvalue weighted by molar-refractivity contribution is 5.80. The Balaban J connectivity index is 2.40. The minimum absolute atomic E-state index is 0.376. The number of nitrogens with one attached hydrogen (secondary N) is 1. The topological polar surface area (TPSA) is 29.1 Å². The maximum Gasteiger partial charge on any atom is 0.146 e. The van der Waals surface area contributed by atoms with Gasteiger partial charge in [-0.25, -0.2) is 0 Å². The molecule has 2 atom stereocenters. The van der Waals surface area contributed by atoms with E-state index >= 15 is 0 Å². The predicted octanol–water partition coefficient (Wildman–Crippen LogP) is 1.74. The molecule has 1 rings (SSSR count). The van der Waals surface area contributed by atoms with Gasteiger partial charge in [-0.15, -0.1) is 0 Å². The van der Waals surface area contributed by atoms with E-state index in [9.17, 15) is 4.79 Å². The van der Waals surface area contributed by atoms with E-state index in [2.05, 4.69) is 19.2 Å². The molecule has 0 aromatic heterocycles. The van der Waals surface area contributed by atoms with Crippen molar-refractivity contribution in [3.05, 3.63) is 0 Å². The monoisotopic (exact) mass is 169 g/mol. The summed E-state index contributed by atoms with van der Waals surface area (Å²) in [5.74, 6) is 1.08. The zero-order valence-corrected chi connectivity index (χ0v) is 8.10. The summed E-state index contributed by atoms with van der Waals surface area (Å²) >= 11 is 0. The van der Waals surface area contributed by atoms with Crippen molar-refractivity contribution in [3.63, 3.8) is 0 Å². The van der Waals surface area contributed by atoms with Gasteiger partial charge in [-0.1, -0.05) is 20.3 Å². The van der Waals surface area contributed by atoms with Crippen molar-refractivity contribution in [2.24, 2.45) is 5.92 Å². The molecule has 0 bridgehead atoms. The normalized spacial score (nSPS) is 28.2. The van der Waals surface area contributed by atoms with Crippen LogP contribution in [0.1, 0.15) is 39.5 Å². The summed E-state index contributed by atoms with van der Waals surface area (Å²) in [6.07, 6.45) is 4.22. The van der Waals surface area contributed by atoms with Gasteiger partial charge in [0.15, 0.2) is 0 Å². The van der Waals surface area contributed by atoms with Crippen LogP contribution in [-0.2, 0) is 4.79 Å². The lowest BCUT2D eigenvalue weighted by Gasteiger charge is -2.21. The van der Waals surface area contributed by atoms with E-state index in [1.165, 1.54) is 12.8 Å². The van der Waals surface area contributed by atoms with Crippen LogP contribution < -0.4 is 5.32 Å². The Hall–Kier alpha value is -0.370. The Morgan fingerprint density at radius 3 is 3.08 bits per heavy atom. The van der Waals surface area contributed by atoms with Crippen molar-refractivity contribution >= 4 is 5.78 Å². The third-order valence-electron chi connectivity index (χ3n) is 2.86. The molecule has 0 aromatic carbocycles. The molecule has 1 aliphatic rings. The molecule has 2 heteroatoms. The van der Waals surface area contributed by atoms with Crippen LogP contribution >= 0.6 is 0 Å². The van der Waals surface area contributed by atoms with Crippen LogP contribution in [0, 0.1) is 5.92 Å². The van der Waals surface area contributed by atoms with Crippen molar-refractivity contribution < 1.29 is 4.79 Å². The summed E-state index contributed by atoms with van der Waals surface area (Å²) in [5, 5.41) is 3.33. The molecule has 2 nitrogen and oxygen atoms in total. The van der Waals surface area contributed by atoms with E-state index in [1.54, 1.807) is 0 Å². The number of ketones is 1. The number of hydrogen-bond acceptors (Lipinski definition) is 2. The number of carbonyl (C=O) groups is 1. The first-order chi connectivity index (χ1) is 5.74. The van der Waals surface area contributed by atoms with Gasteiger partial charge in [0, 0.05) is 12.5 Å². The van der Waals surface area contributed by atoms with Gasteiger partial charge in [-0.3, -0.25) is 4.79 Å². The fourth-order valence-corrected chi connectivity index (χ4v) is 1.72. The van der Waals surface area contributed by atoms with Crippen LogP contribution in [0.25, 0.3) is 0 Å². The van der Waals surface area contributed by atoms with Crippen molar-refractivity contribution in [2.75, 3.05) is 6.54 Å². The Morgan fingerprint density at radius 1 is 1.67 bits per heavy atom. The first-order valence-corrected chi connectivity index (χ1v) is 4.99. The number of hydrogen-bond donors (Lipinski definition) is 1. The SMILES string of the molecule is CCC(C)C1CCCC(=O)CN1. The minimum Gasteiger partial charge on any atom is -0.307 e. The van der Waals surface area contributed by atoms with E-state index in [1.807, 2.05) is 0 Å². The summed E-state index contributed by atoms with van der Waals surface area (Å²) < 4.78 is 0. The fourth-order valence-electron chi connectivity index (χ4n) is 1.72. The Bertz CT molecular complexity index is 156. The number of carbonyl (C=O) groups excluding carboxylic acids is 1. The van der Waals surface area contributed by atoms with E-state index in [0.717, 1.165) is 12.8 Å². The molecule has 0 amide bonds. The van der Waals surface area contributed by atoms with E-state index in [4.69, 9.17) is 0 Å². The Kier molecular flexibility index (Phi) is 3.73. The summed E-state index contributed by atoms with van der Waals surface area (Å²) in [7, 11) is 0. The smallest absolute Gasteiger partial charge is 0.146 e. The van der Waals surface area contributed by atoms with Gasteiger partial charge in [0.05, 0.1) is 6.54 Å².